The van der Waals surface area contributed by atoms with E-state index in [2.05, 4.69) is 10.2 Å². The zero-order valence-corrected chi connectivity index (χ0v) is 16.7. The van der Waals surface area contributed by atoms with E-state index in [0.717, 1.165) is 61.0 Å². The van der Waals surface area contributed by atoms with Gasteiger partial charge in [-0.2, -0.15) is 0 Å². The highest BCUT2D eigenvalue weighted by atomic mass is 35.5. The van der Waals surface area contributed by atoms with Crippen LogP contribution in [0.4, 0.5) is 0 Å². The molecule has 2 fully saturated rings. The lowest BCUT2D eigenvalue weighted by Gasteiger charge is -2.32. The van der Waals surface area contributed by atoms with E-state index in [1.54, 1.807) is 11.3 Å². The van der Waals surface area contributed by atoms with Crippen molar-refractivity contribution >= 4 is 35.4 Å². The topological polar surface area (TPSA) is 52.7 Å². The molecule has 1 N–H and O–H groups in total. The fraction of sp³-hybridized carbons (Fsp3) is 0.667. The van der Waals surface area contributed by atoms with Crippen LogP contribution < -0.4 is 5.32 Å². The maximum atomic E-state index is 12.4. The number of hydrogen-bond acceptors (Lipinski definition) is 5. The molecule has 1 aromatic heterocycles. The second-order valence-corrected chi connectivity index (χ2v) is 8.28. The molecule has 2 aliphatic rings. The predicted octanol–water partition coefficient (Wildman–Crippen LogP) is 2.26. The molecule has 0 saturated carbocycles. The number of nitrogens with zero attached hydrogens (tertiary/aromatic N) is 2. The number of halogens is 1. The summed E-state index contributed by atoms with van der Waals surface area (Å²) in [6.07, 6.45) is 1.72. The molecule has 1 unspecified atom stereocenters. The van der Waals surface area contributed by atoms with Gasteiger partial charge in [-0.25, -0.2) is 0 Å². The van der Waals surface area contributed by atoms with Gasteiger partial charge in [0.05, 0.1) is 0 Å². The highest BCUT2D eigenvalue weighted by Crippen LogP contribution is 2.23. The van der Waals surface area contributed by atoms with E-state index in [9.17, 15) is 9.59 Å². The third-order valence-corrected chi connectivity index (χ3v) is 6.06. The lowest BCUT2D eigenvalue weighted by atomic mass is 10.1. The zero-order valence-electron chi connectivity index (χ0n) is 15.0. The Labute approximate surface area is 160 Å². The molecule has 0 spiro atoms. The molecule has 0 radical (unpaired) electrons. The fourth-order valence-corrected chi connectivity index (χ4v) is 4.68. The van der Waals surface area contributed by atoms with Gasteiger partial charge in [0.15, 0.2) is 5.78 Å². The van der Waals surface area contributed by atoms with E-state index in [1.165, 1.54) is 0 Å². The Morgan fingerprint density at radius 3 is 2.56 bits per heavy atom. The quantitative estimate of drug-likeness (QED) is 0.790. The average molecular weight is 386 g/mol. The van der Waals surface area contributed by atoms with Gasteiger partial charge in [-0.1, -0.05) is 0 Å². The van der Waals surface area contributed by atoms with Crippen molar-refractivity contribution in [2.75, 3.05) is 39.3 Å². The standard InChI is InChI=1S/C18H27N3O2S.ClH/c1-13-11-16(14(2)24-13)17(22)3-4-18(23)21-8-5-15(12-21)20-9-6-19-7-10-20;/h11,15,19H,3-10,12H2,1-2H3;1H. The maximum absolute atomic E-state index is 12.4. The second-order valence-electron chi connectivity index (χ2n) is 6.82. The maximum Gasteiger partial charge on any atom is 0.223 e. The first-order valence-electron chi connectivity index (χ1n) is 8.87. The van der Waals surface area contributed by atoms with Gasteiger partial charge >= 0.3 is 0 Å². The number of thiophene rings is 1. The summed E-state index contributed by atoms with van der Waals surface area (Å²) in [4.78, 5) is 31.4. The van der Waals surface area contributed by atoms with Crippen molar-refractivity contribution in [1.29, 1.82) is 0 Å². The van der Waals surface area contributed by atoms with E-state index in [-0.39, 0.29) is 24.1 Å². The van der Waals surface area contributed by atoms with Gasteiger partial charge in [-0.05, 0) is 26.3 Å². The molecule has 1 amide bonds. The van der Waals surface area contributed by atoms with Crippen molar-refractivity contribution in [3.05, 3.63) is 21.4 Å². The number of amides is 1. The number of piperazine rings is 1. The number of rotatable bonds is 5. The van der Waals surface area contributed by atoms with Crippen LogP contribution >= 0.6 is 23.7 Å². The molecular formula is C18H28ClN3O2S. The van der Waals surface area contributed by atoms with Gasteiger partial charge < -0.3 is 10.2 Å². The highest BCUT2D eigenvalue weighted by Gasteiger charge is 2.30. The van der Waals surface area contributed by atoms with E-state index in [1.807, 2.05) is 24.8 Å². The van der Waals surface area contributed by atoms with Crippen LogP contribution in [0.25, 0.3) is 0 Å². The third kappa shape index (κ3) is 5.03. The summed E-state index contributed by atoms with van der Waals surface area (Å²) in [5, 5.41) is 3.37. The van der Waals surface area contributed by atoms with Crippen LogP contribution in [0, 0.1) is 13.8 Å². The number of carbonyl (C=O) groups excluding carboxylic acids is 2. The number of hydrogen-bond donors (Lipinski definition) is 1. The van der Waals surface area contributed by atoms with Crippen LogP contribution in [-0.2, 0) is 4.79 Å². The van der Waals surface area contributed by atoms with Crippen LogP contribution in [0.3, 0.4) is 0 Å². The van der Waals surface area contributed by atoms with E-state index < -0.39 is 0 Å². The SMILES string of the molecule is Cc1cc(C(=O)CCC(=O)N2CCC(N3CCNCC3)C2)c(C)s1.Cl. The smallest absolute Gasteiger partial charge is 0.223 e. The van der Waals surface area contributed by atoms with Crippen LogP contribution in [0.15, 0.2) is 6.07 Å². The Morgan fingerprint density at radius 1 is 1.20 bits per heavy atom. The first kappa shape index (κ1) is 20.4. The molecular weight excluding hydrogens is 358 g/mol. The molecule has 140 valence electrons. The highest BCUT2D eigenvalue weighted by molar-refractivity contribution is 7.12. The first-order valence-corrected chi connectivity index (χ1v) is 9.69. The predicted molar refractivity (Wildman–Crippen MR) is 104 cm³/mol. The number of ketones is 1. The minimum Gasteiger partial charge on any atom is -0.341 e. The molecule has 0 bridgehead atoms. The van der Waals surface area contributed by atoms with Gasteiger partial charge in [0, 0.05) is 73.5 Å². The van der Waals surface area contributed by atoms with Crippen LogP contribution in [-0.4, -0.2) is 66.8 Å². The Morgan fingerprint density at radius 2 is 1.92 bits per heavy atom. The fourth-order valence-electron chi connectivity index (χ4n) is 3.73. The minimum absolute atomic E-state index is 0. The lowest BCUT2D eigenvalue weighted by molar-refractivity contribution is -0.130. The second kappa shape index (κ2) is 9.12. The normalized spacial score (nSPS) is 21.2. The van der Waals surface area contributed by atoms with Gasteiger partial charge in [-0.15, -0.1) is 23.7 Å². The first-order chi connectivity index (χ1) is 11.5. The summed E-state index contributed by atoms with van der Waals surface area (Å²) in [7, 11) is 0. The van der Waals surface area contributed by atoms with Crippen molar-refractivity contribution < 1.29 is 9.59 Å². The summed E-state index contributed by atoms with van der Waals surface area (Å²) in [5.41, 5.74) is 0.797. The molecule has 1 aromatic rings. The molecule has 1 atom stereocenters. The number of carbonyl (C=O) groups is 2. The molecule has 7 heteroatoms. The summed E-state index contributed by atoms with van der Waals surface area (Å²) in [6.45, 7) is 9.87. The third-order valence-electron chi connectivity index (χ3n) is 5.09. The van der Waals surface area contributed by atoms with Crippen molar-refractivity contribution in [1.82, 2.24) is 15.1 Å². The monoisotopic (exact) mass is 385 g/mol. The molecule has 3 rings (SSSR count). The molecule has 25 heavy (non-hydrogen) atoms. The van der Waals surface area contributed by atoms with Gasteiger partial charge in [0.2, 0.25) is 5.91 Å². The molecule has 0 aliphatic carbocycles. The molecule has 2 aliphatic heterocycles. The average Bonchev–Trinajstić information content (AvgIpc) is 3.20. The minimum atomic E-state index is 0. The summed E-state index contributed by atoms with van der Waals surface area (Å²) < 4.78 is 0. The number of likely N-dealkylation sites (tertiary alicyclic amines) is 1. The Bertz CT molecular complexity index is 613. The Balaban J connectivity index is 0.00000225. The lowest BCUT2D eigenvalue weighted by Crippen LogP contribution is -2.49. The van der Waals surface area contributed by atoms with Crippen molar-refractivity contribution in [2.45, 2.75) is 39.2 Å². The number of aryl methyl sites for hydroxylation is 2. The molecule has 3 heterocycles. The molecule has 2 saturated heterocycles. The molecule has 0 aromatic carbocycles. The van der Waals surface area contributed by atoms with Crippen molar-refractivity contribution in [3.63, 3.8) is 0 Å². The largest absolute Gasteiger partial charge is 0.341 e. The summed E-state index contributed by atoms with van der Waals surface area (Å²) >= 11 is 1.65. The van der Waals surface area contributed by atoms with Gasteiger partial charge in [0.1, 0.15) is 0 Å². The van der Waals surface area contributed by atoms with Crippen LogP contribution in [0.2, 0.25) is 0 Å². The van der Waals surface area contributed by atoms with E-state index >= 15 is 0 Å². The Hall–Kier alpha value is -0.950. The number of nitrogens with one attached hydrogen (secondary N) is 1. The van der Waals surface area contributed by atoms with Crippen LogP contribution in [0.1, 0.15) is 39.4 Å². The van der Waals surface area contributed by atoms with Gasteiger partial charge in [0.25, 0.3) is 0 Å². The molecule has 5 nitrogen and oxygen atoms in total. The van der Waals surface area contributed by atoms with Crippen LogP contribution in [0.5, 0.6) is 0 Å². The zero-order chi connectivity index (χ0) is 17.1. The number of Topliss-reactive ketones (excluding diaryl/α,β-unsaturated/α-hetero) is 1. The van der Waals surface area contributed by atoms with Gasteiger partial charge in [-0.3, -0.25) is 14.5 Å². The Kier molecular flexibility index (Phi) is 7.43. The van der Waals surface area contributed by atoms with E-state index in [4.69, 9.17) is 0 Å². The van der Waals surface area contributed by atoms with Crippen molar-refractivity contribution in [3.8, 4) is 0 Å². The van der Waals surface area contributed by atoms with Crippen molar-refractivity contribution in [2.24, 2.45) is 0 Å². The summed E-state index contributed by atoms with van der Waals surface area (Å²) in [6, 6.07) is 2.44. The summed E-state index contributed by atoms with van der Waals surface area (Å²) in [5.74, 6) is 0.230. The van der Waals surface area contributed by atoms with E-state index in [0.29, 0.717) is 18.9 Å².